The van der Waals surface area contributed by atoms with E-state index in [0.717, 1.165) is 23.9 Å². The molecule has 0 unspecified atom stereocenters. The molecular weight excluding hydrogens is 302 g/mol. The highest BCUT2D eigenvalue weighted by Crippen LogP contribution is 2.17. The third kappa shape index (κ3) is 3.40. The molecule has 0 aliphatic rings. The van der Waals surface area contributed by atoms with Crippen molar-refractivity contribution in [3.05, 3.63) is 59.8 Å². The van der Waals surface area contributed by atoms with Crippen molar-refractivity contribution in [3.63, 3.8) is 0 Å². The Kier molecular flexibility index (Phi) is 4.79. The molecule has 0 radical (unpaired) electrons. The van der Waals surface area contributed by atoms with Crippen LogP contribution in [0.1, 0.15) is 22.3 Å². The first-order chi connectivity index (χ1) is 11.7. The fraction of sp³-hybridized carbons (Fsp3) is 0.263. The van der Waals surface area contributed by atoms with Crippen molar-refractivity contribution in [2.45, 2.75) is 19.9 Å². The first-order valence-electron chi connectivity index (χ1n) is 8.02. The lowest BCUT2D eigenvalue weighted by molar-refractivity contribution is 0.0949. The molecule has 1 amide bonds. The number of para-hydroxylation sites is 1. The predicted octanol–water partition coefficient (Wildman–Crippen LogP) is 3.17. The molecule has 0 aliphatic carbocycles. The van der Waals surface area contributed by atoms with Crippen LogP contribution >= 0.6 is 0 Å². The minimum atomic E-state index is -0.117. The maximum Gasteiger partial charge on any atom is 0.255 e. The van der Waals surface area contributed by atoms with Gasteiger partial charge >= 0.3 is 0 Å². The van der Waals surface area contributed by atoms with Gasteiger partial charge in [-0.15, -0.1) is 0 Å². The fourth-order valence-electron chi connectivity index (χ4n) is 2.72. The number of amides is 1. The van der Waals surface area contributed by atoms with E-state index >= 15 is 0 Å². The molecular formula is C19H21N3O2. The van der Waals surface area contributed by atoms with Crippen LogP contribution in [0.15, 0.2) is 48.7 Å². The lowest BCUT2D eigenvalue weighted by Crippen LogP contribution is -2.25. The number of ether oxygens (including phenoxy) is 1. The number of methoxy groups -OCH3 is 1. The van der Waals surface area contributed by atoms with Gasteiger partial charge in [0.2, 0.25) is 0 Å². The Labute approximate surface area is 141 Å². The number of aryl methyl sites for hydroxylation is 2. The lowest BCUT2D eigenvalue weighted by atomic mass is 10.2. The summed E-state index contributed by atoms with van der Waals surface area (Å²) in [5.74, 6) is 0.470. The maximum atomic E-state index is 12.2. The van der Waals surface area contributed by atoms with Gasteiger partial charge in [-0.3, -0.25) is 9.48 Å². The summed E-state index contributed by atoms with van der Waals surface area (Å²) in [6, 6.07) is 13.5. The van der Waals surface area contributed by atoms with Gasteiger partial charge in [0.25, 0.3) is 5.91 Å². The summed E-state index contributed by atoms with van der Waals surface area (Å²) in [7, 11) is 1.57. The normalized spacial score (nSPS) is 10.8. The highest BCUT2D eigenvalue weighted by molar-refractivity contribution is 5.96. The van der Waals surface area contributed by atoms with Crippen molar-refractivity contribution in [1.29, 1.82) is 0 Å². The Morgan fingerprint density at radius 2 is 2.08 bits per heavy atom. The van der Waals surface area contributed by atoms with E-state index in [-0.39, 0.29) is 5.91 Å². The van der Waals surface area contributed by atoms with E-state index in [1.807, 2.05) is 23.0 Å². The summed E-state index contributed by atoms with van der Waals surface area (Å²) in [5, 5.41) is 8.50. The van der Waals surface area contributed by atoms with Crippen molar-refractivity contribution in [2.75, 3.05) is 13.7 Å². The zero-order valence-corrected chi connectivity index (χ0v) is 14.0. The molecule has 2 aromatic carbocycles. The highest BCUT2D eigenvalue weighted by Gasteiger charge is 2.10. The standard InChI is InChI=1S/C19H21N3O2/c1-14-8-9-15-13-21-22(17(15)12-14)11-5-10-20-19(23)16-6-3-4-7-18(16)24-2/h3-4,6-9,12-13H,5,10-11H2,1-2H3,(H,20,23). The number of benzene rings is 2. The SMILES string of the molecule is COc1ccccc1C(=O)NCCCn1ncc2ccc(C)cc21. The quantitative estimate of drug-likeness (QED) is 0.709. The summed E-state index contributed by atoms with van der Waals surface area (Å²) >= 11 is 0. The van der Waals surface area contributed by atoms with Gasteiger partial charge in [-0.05, 0) is 37.1 Å². The van der Waals surface area contributed by atoms with Crippen LogP contribution in [-0.2, 0) is 6.54 Å². The van der Waals surface area contributed by atoms with Crippen LogP contribution in [0.3, 0.4) is 0 Å². The first kappa shape index (κ1) is 16.1. The largest absolute Gasteiger partial charge is 0.496 e. The number of rotatable bonds is 6. The van der Waals surface area contributed by atoms with Crippen molar-refractivity contribution in [1.82, 2.24) is 15.1 Å². The first-order valence-corrected chi connectivity index (χ1v) is 8.02. The third-order valence-electron chi connectivity index (χ3n) is 3.98. The molecule has 3 rings (SSSR count). The zero-order valence-electron chi connectivity index (χ0n) is 14.0. The topological polar surface area (TPSA) is 56.1 Å². The van der Waals surface area contributed by atoms with Gasteiger partial charge in [-0.2, -0.15) is 5.10 Å². The van der Waals surface area contributed by atoms with Crippen molar-refractivity contribution in [2.24, 2.45) is 0 Å². The Balaban J connectivity index is 1.56. The van der Waals surface area contributed by atoms with E-state index in [0.29, 0.717) is 17.9 Å². The number of fused-ring (bicyclic) bond motifs is 1. The molecule has 1 heterocycles. The highest BCUT2D eigenvalue weighted by atomic mass is 16.5. The van der Waals surface area contributed by atoms with Gasteiger partial charge in [0.15, 0.2) is 0 Å². The number of aromatic nitrogens is 2. The van der Waals surface area contributed by atoms with Gasteiger partial charge in [0.1, 0.15) is 5.75 Å². The van der Waals surface area contributed by atoms with Crippen LogP contribution in [0.25, 0.3) is 10.9 Å². The maximum absolute atomic E-state index is 12.2. The van der Waals surface area contributed by atoms with E-state index in [9.17, 15) is 4.79 Å². The fourth-order valence-corrected chi connectivity index (χ4v) is 2.72. The Bertz CT molecular complexity index is 855. The number of nitrogens with one attached hydrogen (secondary N) is 1. The van der Waals surface area contributed by atoms with E-state index in [1.54, 1.807) is 19.2 Å². The average Bonchev–Trinajstić information content (AvgIpc) is 3.00. The molecule has 5 nitrogen and oxygen atoms in total. The van der Waals surface area contributed by atoms with Crippen LogP contribution in [0.2, 0.25) is 0 Å². The summed E-state index contributed by atoms with van der Waals surface area (Å²) in [6.07, 6.45) is 2.69. The summed E-state index contributed by atoms with van der Waals surface area (Å²) in [4.78, 5) is 12.2. The monoisotopic (exact) mass is 323 g/mol. The number of carbonyl (C=O) groups excluding carboxylic acids is 1. The van der Waals surface area contributed by atoms with Gasteiger partial charge in [0.05, 0.1) is 24.4 Å². The second-order valence-corrected chi connectivity index (χ2v) is 5.74. The minimum absolute atomic E-state index is 0.117. The summed E-state index contributed by atoms with van der Waals surface area (Å²) in [5.41, 5.74) is 2.90. The Morgan fingerprint density at radius 1 is 1.25 bits per heavy atom. The van der Waals surface area contributed by atoms with E-state index in [4.69, 9.17) is 4.74 Å². The van der Waals surface area contributed by atoms with Gasteiger partial charge < -0.3 is 10.1 Å². The molecule has 5 heteroatoms. The van der Waals surface area contributed by atoms with Crippen molar-refractivity contribution in [3.8, 4) is 5.75 Å². The second kappa shape index (κ2) is 7.17. The predicted molar refractivity (Wildman–Crippen MR) is 94.4 cm³/mol. The Hall–Kier alpha value is -2.82. The average molecular weight is 323 g/mol. The van der Waals surface area contributed by atoms with Crippen molar-refractivity contribution < 1.29 is 9.53 Å². The van der Waals surface area contributed by atoms with Crippen LogP contribution in [0, 0.1) is 6.92 Å². The minimum Gasteiger partial charge on any atom is -0.496 e. The van der Waals surface area contributed by atoms with Crippen LogP contribution < -0.4 is 10.1 Å². The van der Waals surface area contributed by atoms with Crippen LogP contribution in [-0.4, -0.2) is 29.3 Å². The molecule has 0 spiro atoms. The second-order valence-electron chi connectivity index (χ2n) is 5.74. The van der Waals surface area contributed by atoms with Crippen LogP contribution in [0.4, 0.5) is 0 Å². The summed E-state index contributed by atoms with van der Waals surface area (Å²) < 4.78 is 7.20. The molecule has 0 bridgehead atoms. The molecule has 1 N–H and O–H groups in total. The molecule has 0 aliphatic heterocycles. The molecule has 3 aromatic rings. The molecule has 1 aromatic heterocycles. The molecule has 24 heavy (non-hydrogen) atoms. The number of hydrogen-bond donors (Lipinski definition) is 1. The number of nitrogens with zero attached hydrogens (tertiary/aromatic N) is 2. The molecule has 124 valence electrons. The number of hydrogen-bond acceptors (Lipinski definition) is 3. The van der Waals surface area contributed by atoms with Gasteiger partial charge in [-0.25, -0.2) is 0 Å². The lowest BCUT2D eigenvalue weighted by Gasteiger charge is -2.09. The smallest absolute Gasteiger partial charge is 0.255 e. The summed E-state index contributed by atoms with van der Waals surface area (Å²) in [6.45, 7) is 3.42. The van der Waals surface area contributed by atoms with Crippen LogP contribution in [0.5, 0.6) is 5.75 Å². The number of carbonyl (C=O) groups is 1. The Morgan fingerprint density at radius 3 is 2.92 bits per heavy atom. The molecule has 0 saturated heterocycles. The zero-order chi connectivity index (χ0) is 16.9. The van der Waals surface area contributed by atoms with E-state index in [1.165, 1.54) is 5.56 Å². The molecule has 0 saturated carbocycles. The molecule has 0 atom stereocenters. The van der Waals surface area contributed by atoms with Gasteiger partial charge in [0, 0.05) is 18.5 Å². The van der Waals surface area contributed by atoms with E-state index in [2.05, 4.69) is 35.5 Å². The van der Waals surface area contributed by atoms with Crippen molar-refractivity contribution >= 4 is 16.8 Å². The van der Waals surface area contributed by atoms with Gasteiger partial charge in [-0.1, -0.05) is 24.3 Å². The third-order valence-corrected chi connectivity index (χ3v) is 3.98. The van der Waals surface area contributed by atoms with E-state index < -0.39 is 0 Å². The molecule has 0 fully saturated rings.